The van der Waals surface area contributed by atoms with E-state index in [9.17, 15) is 13.2 Å². The Hall–Kier alpha value is -2.55. The summed E-state index contributed by atoms with van der Waals surface area (Å²) in [7, 11) is 0. The number of aryl methyl sites for hydroxylation is 2. The van der Waals surface area contributed by atoms with E-state index in [-0.39, 0.29) is 18.1 Å². The predicted molar refractivity (Wildman–Crippen MR) is 94.2 cm³/mol. The van der Waals surface area contributed by atoms with Gasteiger partial charge in [-0.1, -0.05) is 54.6 Å². The molecular weight excluding hydrogens is 321 g/mol. The minimum Gasteiger partial charge on any atom is -0.242 e. The molecule has 0 saturated carbocycles. The van der Waals surface area contributed by atoms with E-state index in [1.54, 1.807) is 42.5 Å². The molecule has 1 unspecified atom stereocenters. The molecule has 3 heteroatoms. The van der Waals surface area contributed by atoms with Gasteiger partial charge in [0.25, 0.3) is 0 Å². The van der Waals surface area contributed by atoms with Gasteiger partial charge in [0.05, 0.1) is 0 Å². The van der Waals surface area contributed by atoms with Crippen LogP contribution in [0.15, 0.2) is 72.8 Å². The Morgan fingerprint density at radius 1 is 0.720 bits per heavy atom. The highest BCUT2D eigenvalue weighted by molar-refractivity contribution is 5.28. The molecule has 0 nitrogen and oxygen atoms in total. The number of hydrogen-bond donors (Lipinski definition) is 0. The van der Waals surface area contributed by atoms with E-state index >= 15 is 0 Å². The predicted octanol–water partition coefficient (Wildman–Crippen LogP) is 6.00. The smallest absolute Gasteiger partial charge is 0.129 e. The third kappa shape index (κ3) is 4.72. The molecule has 0 N–H and O–H groups in total. The van der Waals surface area contributed by atoms with Crippen molar-refractivity contribution in [1.29, 1.82) is 0 Å². The van der Waals surface area contributed by atoms with E-state index in [1.165, 1.54) is 18.2 Å². The van der Waals surface area contributed by atoms with E-state index in [2.05, 4.69) is 0 Å². The Kier molecular flexibility index (Phi) is 5.54. The van der Waals surface area contributed by atoms with Gasteiger partial charge < -0.3 is 0 Å². The first kappa shape index (κ1) is 17.3. The van der Waals surface area contributed by atoms with Crippen LogP contribution in [0.5, 0.6) is 0 Å². The molecule has 3 aromatic rings. The minimum atomic E-state index is -1.22. The second kappa shape index (κ2) is 8.02. The lowest BCUT2D eigenvalue weighted by Crippen LogP contribution is -2.01. The first-order valence-electron chi connectivity index (χ1n) is 8.32. The average molecular weight is 340 g/mol. The van der Waals surface area contributed by atoms with Crippen LogP contribution in [0.4, 0.5) is 13.2 Å². The molecule has 0 fully saturated rings. The maximum Gasteiger partial charge on any atom is 0.129 e. The molecule has 3 rings (SSSR count). The highest BCUT2D eigenvalue weighted by Gasteiger charge is 2.13. The van der Waals surface area contributed by atoms with Crippen LogP contribution in [0.25, 0.3) is 0 Å². The highest BCUT2D eigenvalue weighted by Crippen LogP contribution is 2.24. The average Bonchev–Trinajstić information content (AvgIpc) is 2.64. The first-order valence-corrected chi connectivity index (χ1v) is 8.32. The lowest BCUT2D eigenvalue weighted by atomic mass is 9.99. The monoisotopic (exact) mass is 340 g/mol. The van der Waals surface area contributed by atoms with Gasteiger partial charge in [-0.05, 0) is 53.3 Å². The van der Waals surface area contributed by atoms with Gasteiger partial charge in [-0.3, -0.25) is 0 Å². The van der Waals surface area contributed by atoms with Crippen molar-refractivity contribution in [3.05, 3.63) is 107 Å². The van der Waals surface area contributed by atoms with E-state index in [1.807, 2.05) is 12.1 Å². The summed E-state index contributed by atoms with van der Waals surface area (Å²) in [4.78, 5) is 0. The number of alkyl halides is 1. The molecule has 128 valence electrons. The van der Waals surface area contributed by atoms with E-state index in [4.69, 9.17) is 0 Å². The van der Waals surface area contributed by atoms with Crippen LogP contribution >= 0.6 is 0 Å². The molecule has 0 saturated heterocycles. The molecule has 0 spiro atoms. The zero-order chi connectivity index (χ0) is 17.6. The molecule has 3 aromatic carbocycles. The van der Waals surface area contributed by atoms with Crippen molar-refractivity contribution in [2.45, 2.75) is 25.4 Å². The fraction of sp³-hybridized carbons (Fsp3) is 0.182. The van der Waals surface area contributed by atoms with Crippen molar-refractivity contribution in [3.8, 4) is 0 Å². The molecule has 25 heavy (non-hydrogen) atoms. The molecule has 0 bridgehead atoms. The van der Waals surface area contributed by atoms with Gasteiger partial charge in [0.1, 0.15) is 17.8 Å². The Labute approximate surface area is 146 Å². The minimum absolute atomic E-state index is 0.0219. The number of benzene rings is 3. The van der Waals surface area contributed by atoms with Crippen LogP contribution in [-0.4, -0.2) is 0 Å². The molecule has 0 aliphatic carbocycles. The molecule has 0 heterocycles. The van der Waals surface area contributed by atoms with Gasteiger partial charge in [0.2, 0.25) is 0 Å². The first-order chi connectivity index (χ1) is 12.1. The molecule has 0 amide bonds. The van der Waals surface area contributed by atoms with Gasteiger partial charge in [0, 0.05) is 6.42 Å². The zero-order valence-corrected chi connectivity index (χ0v) is 13.8. The third-order valence-electron chi connectivity index (χ3n) is 4.29. The Bertz CT molecular complexity index is 810. The Balaban J connectivity index is 1.63. The number of rotatable bonds is 6. The number of halogens is 3. The van der Waals surface area contributed by atoms with Crippen molar-refractivity contribution >= 4 is 0 Å². The van der Waals surface area contributed by atoms with Crippen LogP contribution in [0.1, 0.15) is 28.4 Å². The Morgan fingerprint density at radius 3 is 2.04 bits per heavy atom. The summed E-state index contributed by atoms with van der Waals surface area (Å²) in [5, 5.41) is 0. The molecule has 1 atom stereocenters. The third-order valence-corrected chi connectivity index (χ3v) is 4.29. The van der Waals surface area contributed by atoms with Crippen molar-refractivity contribution in [2.24, 2.45) is 0 Å². The summed E-state index contributed by atoms with van der Waals surface area (Å²) in [6.45, 7) is 0. The van der Waals surface area contributed by atoms with E-state index in [0.29, 0.717) is 24.0 Å². The van der Waals surface area contributed by atoms with Gasteiger partial charge >= 0.3 is 0 Å². The van der Waals surface area contributed by atoms with Gasteiger partial charge in [-0.25, -0.2) is 13.2 Å². The summed E-state index contributed by atoms with van der Waals surface area (Å²) < 4.78 is 41.5. The maximum absolute atomic E-state index is 14.3. The SMILES string of the molecule is Fc1ccc(CCc2ccc(CC(F)c3ccccc3)c(F)c2)cc1. The van der Waals surface area contributed by atoms with Crippen molar-refractivity contribution in [1.82, 2.24) is 0 Å². The van der Waals surface area contributed by atoms with Crippen LogP contribution in [0, 0.1) is 11.6 Å². The van der Waals surface area contributed by atoms with Gasteiger partial charge in [0.15, 0.2) is 0 Å². The van der Waals surface area contributed by atoms with Gasteiger partial charge in [-0.15, -0.1) is 0 Å². The number of hydrogen-bond acceptors (Lipinski definition) is 0. The van der Waals surface area contributed by atoms with Crippen molar-refractivity contribution < 1.29 is 13.2 Å². The van der Waals surface area contributed by atoms with Crippen LogP contribution in [0.3, 0.4) is 0 Å². The van der Waals surface area contributed by atoms with E-state index in [0.717, 1.165) is 11.1 Å². The standard InChI is InChI=1S/C22H19F3/c23-20-12-9-16(10-13-20)6-7-17-8-11-19(21(24)14-17)15-22(25)18-4-2-1-3-5-18/h1-5,8-14,22H,6-7,15H2. The summed E-state index contributed by atoms with van der Waals surface area (Å²) in [6.07, 6.45) is 0.157. The molecule has 0 aliphatic rings. The van der Waals surface area contributed by atoms with Gasteiger partial charge in [-0.2, -0.15) is 0 Å². The molecule has 0 radical (unpaired) electrons. The fourth-order valence-corrected chi connectivity index (χ4v) is 2.82. The van der Waals surface area contributed by atoms with Crippen LogP contribution < -0.4 is 0 Å². The van der Waals surface area contributed by atoms with Crippen molar-refractivity contribution in [2.75, 3.05) is 0 Å². The molecule has 0 aliphatic heterocycles. The summed E-state index contributed by atoms with van der Waals surface area (Å²) in [5.41, 5.74) is 2.78. The maximum atomic E-state index is 14.3. The lowest BCUT2D eigenvalue weighted by molar-refractivity contribution is 0.338. The molecule has 0 aromatic heterocycles. The molecular formula is C22H19F3. The topological polar surface area (TPSA) is 0 Å². The fourth-order valence-electron chi connectivity index (χ4n) is 2.82. The summed E-state index contributed by atoms with van der Waals surface area (Å²) in [6, 6.07) is 20.1. The second-order valence-electron chi connectivity index (χ2n) is 6.13. The second-order valence-corrected chi connectivity index (χ2v) is 6.13. The summed E-state index contributed by atoms with van der Waals surface area (Å²) >= 11 is 0. The van der Waals surface area contributed by atoms with Crippen LogP contribution in [-0.2, 0) is 19.3 Å². The van der Waals surface area contributed by atoms with Crippen molar-refractivity contribution in [3.63, 3.8) is 0 Å². The highest BCUT2D eigenvalue weighted by atomic mass is 19.1. The Morgan fingerprint density at radius 2 is 1.36 bits per heavy atom. The normalized spacial score (nSPS) is 12.1. The quantitative estimate of drug-likeness (QED) is 0.516. The lowest BCUT2D eigenvalue weighted by Gasteiger charge is -2.11. The van der Waals surface area contributed by atoms with Crippen LogP contribution in [0.2, 0.25) is 0 Å². The summed E-state index contributed by atoms with van der Waals surface area (Å²) in [5.74, 6) is -0.645. The van der Waals surface area contributed by atoms with E-state index < -0.39 is 6.17 Å². The largest absolute Gasteiger partial charge is 0.242 e. The zero-order valence-electron chi connectivity index (χ0n) is 13.8.